The molecule has 1 heteroatoms. The SMILES string of the molecule is CCC1CCCNC(C)(C)C1. The summed E-state index contributed by atoms with van der Waals surface area (Å²) in [6, 6.07) is 0. The molecule has 0 amide bonds. The van der Waals surface area contributed by atoms with Crippen molar-refractivity contribution >= 4 is 0 Å². The Morgan fingerprint density at radius 2 is 2.18 bits per heavy atom. The summed E-state index contributed by atoms with van der Waals surface area (Å²) in [5.41, 5.74) is 0.386. The Bertz CT molecular complexity index is 118. The zero-order valence-corrected chi connectivity index (χ0v) is 8.11. The minimum Gasteiger partial charge on any atom is -0.312 e. The highest BCUT2D eigenvalue weighted by Crippen LogP contribution is 2.25. The number of hydrogen-bond donors (Lipinski definition) is 1. The topological polar surface area (TPSA) is 12.0 Å². The van der Waals surface area contributed by atoms with Crippen molar-refractivity contribution in [2.75, 3.05) is 6.54 Å². The van der Waals surface area contributed by atoms with Crippen LogP contribution < -0.4 is 5.32 Å². The third kappa shape index (κ3) is 2.82. The summed E-state index contributed by atoms with van der Waals surface area (Å²) in [4.78, 5) is 0. The highest BCUT2D eigenvalue weighted by Gasteiger charge is 2.23. The fraction of sp³-hybridized carbons (Fsp3) is 1.00. The molecule has 11 heavy (non-hydrogen) atoms. The van der Waals surface area contributed by atoms with Gasteiger partial charge in [0.1, 0.15) is 0 Å². The van der Waals surface area contributed by atoms with E-state index in [0.717, 1.165) is 5.92 Å². The van der Waals surface area contributed by atoms with E-state index in [1.54, 1.807) is 0 Å². The first kappa shape index (κ1) is 9.05. The monoisotopic (exact) mass is 155 g/mol. The van der Waals surface area contributed by atoms with Crippen LogP contribution in [-0.2, 0) is 0 Å². The Balaban J connectivity index is 2.47. The van der Waals surface area contributed by atoms with Crippen molar-refractivity contribution in [1.82, 2.24) is 5.32 Å². The molecule has 0 spiro atoms. The van der Waals surface area contributed by atoms with Gasteiger partial charge in [0.25, 0.3) is 0 Å². The van der Waals surface area contributed by atoms with Gasteiger partial charge >= 0.3 is 0 Å². The molecular weight excluding hydrogens is 134 g/mol. The molecule has 1 atom stereocenters. The third-order valence-electron chi connectivity index (χ3n) is 2.77. The second-order valence-electron chi connectivity index (χ2n) is 4.43. The minimum absolute atomic E-state index is 0.386. The molecule has 1 nitrogen and oxygen atoms in total. The predicted molar refractivity (Wildman–Crippen MR) is 49.7 cm³/mol. The molecule has 1 unspecified atom stereocenters. The molecule has 0 bridgehead atoms. The van der Waals surface area contributed by atoms with E-state index in [4.69, 9.17) is 0 Å². The van der Waals surface area contributed by atoms with E-state index in [2.05, 4.69) is 26.1 Å². The summed E-state index contributed by atoms with van der Waals surface area (Å²) in [6.45, 7) is 8.16. The van der Waals surface area contributed by atoms with Crippen LogP contribution in [0.4, 0.5) is 0 Å². The van der Waals surface area contributed by atoms with Gasteiger partial charge in [0.15, 0.2) is 0 Å². The van der Waals surface area contributed by atoms with Crippen molar-refractivity contribution in [2.45, 2.75) is 52.0 Å². The lowest BCUT2D eigenvalue weighted by atomic mass is 9.88. The molecule has 1 rings (SSSR count). The largest absolute Gasteiger partial charge is 0.312 e. The lowest BCUT2D eigenvalue weighted by molar-refractivity contribution is 0.321. The van der Waals surface area contributed by atoms with Crippen LogP contribution in [0.1, 0.15) is 46.5 Å². The molecule has 1 aliphatic rings. The van der Waals surface area contributed by atoms with Gasteiger partial charge in [-0.05, 0) is 45.6 Å². The molecule has 1 fully saturated rings. The molecule has 0 aromatic rings. The molecule has 1 heterocycles. The van der Waals surface area contributed by atoms with E-state index in [9.17, 15) is 0 Å². The third-order valence-corrected chi connectivity index (χ3v) is 2.77. The summed E-state index contributed by atoms with van der Waals surface area (Å²) in [7, 11) is 0. The smallest absolute Gasteiger partial charge is 0.0127 e. The Morgan fingerprint density at radius 3 is 2.82 bits per heavy atom. The van der Waals surface area contributed by atoms with Gasteiger partial charge in [-0.3, -0.25) is 0 Å². The van der Waals surface area contributed by atoms with Gasteiger partial charge in [0, 0.05) is 5.54 Å². The van der Waals surface area contributed by atoms with Crippen LogP contribution in [0.5, 0.6) is 0 Å². The maximum absolute atomic E-state index is 3.59. The lowest BCUT2D eigenvalue weighted by Crippen LogP contribution is -2.39. The van der Waals surface area contributed by atoms with Gasteiger partial charge in [0.05, 0.1) is 0 Å². The van der Waals surface area contributed by atoms with Crippen molar-refractivity contribution in [1.29, 1.82) is 0 Å². The Hall–Kier alpha value is -0.0400. The van der Waals surface area contributed by atoms with Crippen molar-refractivity contribution in [3.63, 3.8) is 0 Å². The van der Waals surface area contributed by atoms with Crippen LogP contribution in [0, 0.1) is 5.92 Å². The van der Waals surface area contributed by atoms with Crippen molar-refractivity contribution in [3.05, 3.63) is 0 Å². The molecule has 1 N–H and O–H groups in total. The van der Waals surface area contributed by atoms with Crippen LogP contribution in [-0.4, -0.2) is 12.1 Å². The highest BCUT2D eigenvalue weighted by molar-refractivity contribution is 4.83. The second-order valence-corrected chi connectivity index (χ2v) is 4.43. The molecular formula is C10H21N. The summed E-state index contributed by atoms with van der Waals surface area (Å²) in [5, 5.41) is 3.59. The Kier molecular flexibility index (Phi) is 2.94. The van der Waals surface area contributed by atoms with Crippen LogP contribution in [0.15, 0.2) is 0 Å². The average molecular weight is 155 g/mol. The molecule has 1 saturated heterocycles. The zero-order chi connectivity index (χ0) is 8.32. The van der Waals surface area contributed by atoms with Gasteiger partial charge in [-0.25, -0.2) is 0 Å². The van der Waals surface area contributed by atoms with Gasteiger partial charge in [-0.1, -0.05) is 13.3 Å². The summed E-state index contributed by atoms with van der Waals surface area (Å²) < 4.78 is 0. The molecule has 1 aliphatic heterocycles. The number of rotatable bonds is 1. The van der Waals surface area contributed by atoms with Crippen LogP contribution >= 0.6 is 0 Å². The molecule has 0 saturated carbocycles. The van der Waals surface area contributed by atoms with E-state index >= 15 is 0 Å². The summed E-state index contributed by atoms with van der Waals surface area (Å²) in [5.74, 6) is 0.958. The predicted octanol–water partition coefficient (Wildman–Crippen LogP) is 2.56. The van der Waals surface area contributed by atoms with Crippen LogP contribution in [0.2, 0.25) is 0 Å². The van der Waals surface area contributed by atoms with Crippen molar-refractivity contribution in [3.8, 4) is 0 Å². The fourth-order valence-electron chi connectivity index (χ4n) is 2.06. The van der Waals surface area contributed by atoms with E-state index in [-0.39, 0.29) is 0 Å². The molecule has 0 aromatic heterocycles. The Labute approximate surface area is 70.6 Å². The van der Waals surface area contributed by atoms with Crippen LogP contribution in [0.3, 0.4) is 0 Å². The summed E-state index contributed by atoms with van der Waals surface area (Å²) >= 11 is 0. The van der Waals surface area contributed by atoms with Gasteiger partial charge in [-0.2, -0.15) is 0 Å². The maximum Gasteiger partial charge on any atom is 0.0127 e. The molecule has 0 aromatic carbocycles. The Morgan fingerprint density at radius 1 is 1.45 bits per heavy atom. The maximum atomic E-state index is 3.59. The van der Waals surface area contributed by atoms with Gasteiger partial charge in [0.2, 0.25) is 0 Å². The van der Waals surface area contributed by atoms with E-state index < -0.39 is 0 Å². The highest BCUT2D eigenvalue weighted by atomic mass is 15.0. The van der Waals surface area contributed by atoms with Crippen molar-refractivity contribution in [2.24, 2.45) is 5.92 Å². The van der Waals surface area contributed by atoms with E-state index in [1.807, 2.05) is 0 Å². The average Bonchev–Trinajstić information content (AvgIpc) is 2.10. The minimum atomic E-state index is 0.386. The first-order valence-electron chi connectivity index (χ1n) is 4.89. The molecule has 0 aliphatic carbocycles. The first-order chi connectivity index (χ1) is 5.14. The van der Waals surface area contributed by atoms with Crippen molar-refractivity contribution < 1.29 is 0 Å². The first-order valence-corrected chi connectivity index (χ1v) is 4.89. The van der Waals surface area contributed by atoms with Gasteiger partial charge in [-0.15, -0.1) is 0 Å². The quantitative estimate of drug-likeness (QED) is 0.613. The second kappa shape index (κ2) is 3.57. The standard InChI is InChI=1S/C10H21N/c1-4-9-6-5-7-11-10(2,3)8-9/h9,11H,4-8H2,1-3H3. The molecule has 0 radical (unpaired) electrons. The van der Waals surface area contributed by atoms with E-state index in [0.29, 0.717) is 5.54 Å². The normalized spacial score (nSPS) is 31.4. The number of hydrogen-bond acceptors (Lipinski definition) is 1. The van der Waals surface area contributed by atoms with E-state index in [1.165, 1.54) is 32.2 Å². The summed E-state index contributed by atoms with van der Waals surface area (Å²) in [6.07, 6.45) is 5.49. The fourth-order valence-corrected chi connectivity index (χ4v) is 2.06. The van der Waals surface area contributed by atoms with Gasteiger partial charge < -0.3 is 5.32 Å². The molecule has 66 valence electrons. The zero-order valence-electron chi connectivity index (χ0n) is 8.11. The van der Waals surface area contributed by atoms with Crippen LogP contribution in [0.25, 0.3) is 0 Å². The number of nitrogens with one attached hydrogen (secondary N) is 1. The lowest BCUT2D eigenvalue weighted by Gasteiger charge is -2.26.